The van der Waals surface area contributed by atoms with Crippen molar-refractivity contribution in [2.45, 2.75) is 13.0 Å². The van der Waals surface area contributed by atoms with E-state index in [0.29, 0.717) is 22.3 Å². The third-order valence-electron chi connectivity index (χ3n) is 4.89. The second-order valence-corrected chi connectivity index (χ2v) is 6.57. The first kappa shape index (κ1) is 17.3. The van der Waals surface area contributed by atoms with E-state index >= 15 is 0 Å². The summed E-state index contributed by atoms with van der Waals surface area (Å²) in [4.78, 5) is 27.6. The van der Waals surface area contributed by atoms with Crippen LogP contribution >= 0.6 is 0 Å². The molecular weight excluding hydrogens is 346 g/mol. The van der Waals surface area contributed by atoms with Gasteiger partial charge in [-0.05, 0) is 36.8 Å². The van der Waals surface area contributed by atoms with Crippen LogP contribution in [-0.4, -0.2) is 36.2 Å². The molecule has 1 aliphatic rings. The number of rotatable bonds is 4. The number of aryl methyl sites for hydroxylation is 1. The van der Waals surface area contributed by atoms with Crippen LogP contribution in [0.4, 0.5) is 0 Å². The zero-order valence-corrected chi connectivity index (χ0v) is 15.1. The largest absolute Gasteiger partial charge is 0.497 e. The smallest absolute Gasteiger partial charge is 0.290 e. The van der Waals surface area contributed by atoms with E-state index in [1.807, 2.05) is 25.1 Å². The summed E-state index contributed by atoms with van der Waals surface area (Å²) in [5.74, 6) is 0.336. The molecule has 3 aromatic rings. The molecule has 0 spiro atoms. The van der Waals surface area contributed by atoms with Crippen molar-refractivity contribution in [2.75, 3.05) is 20.3 Å². The van der Waals surface area contributed by atoms with Gasteiger partial charge in [-0.3, -0.25) is 9.59 Å². The van der Waals surface area contributed by atoms with E-state index in [-0.39, 0.29) is 30.2 Å². The number of aliphatic hydroxyl groups is 1. The fraction of sp³-hybridized carbons (Fsp3) is 0.238. The van der Waals surface area contributed by atoms with E-state index in [4.69, 9.17) is 9.15 Å². The highest BCUT2D eigenvalue weighted by Crippen LogP contribution is 2.38. The summed E-state index contributed by atoms with van der Waals surface area (Å²) in [6.45, 7) is 1.80. The fourth-order valence-electron chi connectivity index (χ4n) is 3.61. The van der Waals surface area contributed by atoms with E-state index in [2.05, 4.69) is 0 Å². The molecule has 1 amide bonds. The summed E-state index contributed by atoms with van der Waals surface area (Å²) in [5.41, 5.74) is 2.18. The number of carbonyl (C=O) groups excluding carboxylic acids is 1. The standard InChI is InChI=1S/C21H19NO5/c1-12-3-8-16-15(11-12)19(24)17-18(13-4-6-14(26-2)7-5-13)22(9-10-23)21(25)20(17)27-16/h3-8,11,18,23H,9-10H2,1-2H3/t18-/m0/s1. The first-order chi connectivity index (χ1) is 13.0. The molecule has 1 N–H and O–H groups in total. The molecule has 6 nitrogen and oxygen atoms in total. The van der Waals surface area contributed by atoms with Gasteiger partial charge in [0.25, 0.3) is 5.91 Å². The number of amides is 1. The Balaban J connectivity index is 1.97. The van der Waals surface area contributed by atoms with Crippen molar-refractivity contribution >= 4 is 16.9 Å². The van der Waals surface area contributed by atoms with Crippen LogP contribution in [0.1, 0.15) is 33.3 Å². The molecule has 2 aromatic carbocycles. The maximum atomic E-state index is 13.2. The molecular formula is C21H19NO5. The van der Waals surface area contributed by atoms with E-state index in [1.54, 1.807) is 31.4 Å². The Morgan fingerprint density at radius 1 is 1.15 bits per heavy atom. The lowest BCUT2D eigenvalue weighted by Crippen LogP contribution is -2.32. The molecule has 0 aliphatic carbocycles. The predicted octanol–water partition coefficient (Wildman–Crippen LogP) is 2.65. The van der Waals surface area contributed by atoms with E-state index in [1.165, 1.54) is 4.90 Å². The lowest BCUT2D eigenvalue weighted by Gasteiger charge is -2.24. The highest BCUT2D eigenvalue weighted by Gasteiger charge is 2.42. The lowest BCUT2D eigenvalue weighted by molar-refractivity contribution is 0.0691. The molecule has 0 bridgehead atoms. The van der Waals surface area contributed by atoms with Crippen molar-refractivity contribution in [3.05, 3.63) is 75.1 Å². The third-order valence-corrected chi connectivity index (χ3v) is 4.89. The van der Waals surface area contributed by atoms with Gasteiger partial charge in [-0.15, -0.1) is 0 Å². The number of hydrogen-bond donors (Lipinski definition) is 1. The summed E-state index contributed by atoms with van der Waals surface area (Å²) < 4.78 is 11.0. The Bertz CT molecular complexity index is 1080. The molecule has 1 aliphatic heterocycles. The second kappa shape index (κ2) is 6.55. The van der Waals surface area contributed by atoms with E-state index in [0.717, 1.165) is 11.1 Å². The Hall–Kier alpha value is -3.12. The number of β-amino-alcohol motifs (C(OH)–C–C–N with tert-alkyl or cyclic N) is 1. The van der Waals surface area contributed by atoms with Crippen molar-refractivity contribution in [3.63, 3.8) is 0 Å². The Morgan fingerprint density at radius 3 is 2.56 bits per heavy atom. The lowest BCUT2D eigenvalue weighted by atomic mass is 9.98. The number of aliphatic hydroxyl groups excluding tert-OH is 1. The molecule has 2 heterocycles. The van der Waals surface area contributed by atoms with Gasteiger partial charge in [0, 0.05) is 6.54 Å². The topological polar surface area (TPSA) is 80.0 Å². The third kappa shape index (κ3) is 2.69. The van der Waals surface area contributed by atoms with Crippen LogP contribution in [0.3, 0.4) is 0 Å². The number of methoxy groups -OCH3 is 1. The minimum atomic E-state index is -0.605. The zero-order valence-electron chi connectivity index (χ0n) is 15.1. The molecule has 0 unspecified atom stereocenters. The van der Waals surface area contributed by atoms with Crippen molar-refractivity contribution in [1.82, 2.24) is 4.90 Å². The van der Waals surface area contributed by atoms with Gasteiger partial charge in [0.15, 0.2) is 5.43 Å². The molecule has 0 saturated carbocycles. The average Bonchev–Trinajstić information content (AvgIpc) is 2.95. The average molecular weight is 365 g/mol. The number of ether oxygens (including phenoxy) is 1. The van der Waals surface area contributed by atoms with Crippen LogP contribution in [0.5, 0.6) is 5.75 Å². The van der Waals surface area contributed by atoms with Crippen molar-refractivity contribution in [2.24, 2.45) is 0 Å². The highest BCUT2D eigenvalue weighted by atomic mass is 16.5. The number of fused-ring (bicyclic) bond motifs is 2. The molecule has 1 aromatic heterocycles. The molecule has 27 heavy (non-hydrogen) atoms. The molecule has 138 valence electrons. The summed E-state index contributed by atoms with van der Waals surface area (Å²) in [7, 11) is 1.57. The number of hydrogen-bond acceptors (Lipinski definition) is 5. The minimum absolute atomic E-state index is 0.0469. The predicted molar refractivity (Wildman–Crippen MR) is 100 cm³/mol. The van der Waals surface area contributed by atoms with Gasteiger partial charge >= 0.3 is 0 Å². The van der Waals surface area contributed by atoms with E-state index in [9.17, 15) is 14.7 Å². The Morgan fingerprint density at radius 2 is 1.89 bits per heavy atom. The normalized spacial score (nSPS) is 16.0. The van der Waals surface area contributed by atoms with E-state index < -0.39 is 6.04 Å². The first-order valence-corrected chi connectivity index (χ1v) is 8.68. The van der Waals surface area contributed by atoms with Gasteiger partial charge in [-0.25, -0.2) is 0 Å². The summed E-state index contributed by atoms with van der Waals surface area (Å²) in [6.07, 6.45) is 0. The SMILES string of the molecule is COc1ccc([C@H]2c3c(oc4ccc(C)cc4c3=O)C(=O)N2CCO)cc1. The molecule has 4 rings (SSSR count). The van der Waals surface area contributed by atoms with Crippen LogP contribution in [0.25, 0.3) is 11.0 Å². The molecule has 1 atom stereocenters. The van der Waals surface area contributed by atoms with Gasteiger partial charge in [0.1, 0.15) is 11.3 Å². The van der Waals surface area contributed by atoms with Crippen LogP contribution in [0.2, 0.25) is 0 Å². The maximum absolute atomic E-state index is 13.2. The monoisotopic (exact) mass is 365 g/mol. The Labute approximate surface area is 155 Å². The van der Waals surface area contributed by atoms with Gasteiger partial charge in [0.2, 0.25) is 5.76 Å². The fourth-order valence-corrected chi connectivity index (χ4v) is 3.61. The van der Waals surface area contributed by atoms with Gasteiger partial charge in [0.05, 0.1) is 30.7 Å². The summed E-state index contributed by atoms with van der Waals surface area (Å²) >= 11 is 0. The number of carbonyl (C=O) groups is 1. The molecule has 0 fully saturated rings. The van der Waals surface area contributed by atoms with Crippen LogP contribution < -0.4 is 10.2 Å². The van der Waals surface area contributed by atoms with Crippen molar-refractivity contribution in [1.29, 1.82) is 0 Å². The van der Waals surface area contributed by atoms with Crippen LogP contribution in [0.15, 0.2) is 51.7 Å². The Kier molecular flexibility index (Phi) is 4.20. The highest BCUT2D eigenvalue weighted by molar-refractivity contribution is 5.99. The first-order valence-electron chi connectivity index (χ1n) is 8.68. The molecule has 6 heteroatoms. The second-order valence-electron chi connectivity index (χ2n) is 6.57. The van der Waals surface area contributed by atoms with Crippen molar-refractivity contribution in [3.8, 4) is 5.75 Å². The summed E-state index contributed by atoms with van der Waals surface area (Å²) in [5, 5.41) is 9.89. The summed E-state index contributed by atoms with van der Waals surface area (Å²) in [6, 6.07) is 11.9. The number of nitrogens with zero attached hydrogens (tertiary/aromatic N) is 1. The number of benzene rings is 2. The van der Waals surface area contributed by atoms with Crippen LogP contribution in [-0.2, 0) is 0 Å². The van der Waals surface area contributed by atoms with Crippen LogP contribution in [0, 0.1) is 6.92 Å². The van der Waals surface area contributed by atoms with Crippen molar-refractivity contribution < 1.29 is 19.1 Å². The molecule has 0 radical (unpaired) electrons. The van der Waals surface area contributed by atoms with Gasteiger partial charge < -0.3 is 19.2 Å². The maximum Gasteiger partial charge on any atom is 0.290 e. The minimum Gasteiger partial charge on any atom is -0.497 e. The van der Waals surface area contributed by atoms with Gasteiger partial charge in [-0.1, -0.05) is 23.8 Å². The van der Waals surface area contributed by atoms with Gasteiger partial charge in [-0.2, -0.15) is 0 Å². The zero-order chi connectivity index (χ0) is 19.1. The quantitative estimate of drug-likeness (QED) is 0.769. The molecule has 0 saturated heterocycles.